The molecule has 5 fully saturated rings. The number of nitrogens with zero attached hydrogens (tertiary/aromatic N) is 4. The SMILES string of the molecule is C=CC(=O)N1C[C@H](C)N(C2NC(=O)N3C4NC(C(F)CC42)C2C(F)CCCC2N2C=C(CNC4CCCC(C(C)C)C43)NN2)C[C@H]1C. The molecule has 0 spiro atoms. The number of urea groups is 1. The fraction of sp³-hybridized carbons (Fsp3) is 0.824. The van der Waals surface area contributed by atoms with Gasteiger partial charge in [-0.1, -0.05) is 26.8 Å². The maximum Gasteiger partial charge on any atom is 0.320 e. The molecule has 13 atom stereocenters. The summed E-state index contributed by atoms with van der Waals surface area (Å²) in [5.74, 6) is -0.367. The number of alkyl halides is 2. The molecule has 5 aliphatic heterocycles. The zero-order valence-corrected chi connectivity index (χ0v) is 28.4. The minimum atomic E-state index is -1.29. The maximum absolute atomic E-state index is 16.9. The number of fused-ring (bicyclic) bond motifs is 7. The minimum absolute atomic E-state index is 0.0450. The van der Waals surface area contributed by atoms with Gasteiger partial charge in [0.05, 0.1) is 30.1 Å². The Morgan fingerprint density at radius 2 is 1.83 bits per heavy atom. The van der Waals surface area contributed by atoms with Crippen LogP contribution >= 0.6 is 0 Å². The van der Waals surface area contributed by atoms with Crippen LogP contribution < -0.4 is 26.9 Å². The normalized spacial score (nSPS) is 44.1. The van der Waals surface area contributed by atoms with Gasteiger partial charge in [-0.05, 0) is 70.3 Å². The van der Waals surface area contributed by atoms with E-state index in [0.717, 1.165) is 37.8 Å². The van der Waals surface area contributed by atoms with E-state index in [1.54, 1.807) is 0 Å². The highest BCUT2D eigenvalue weighted by Gasteiger charge is 2.58. The molecule has 0 aromatic rings. The smallest absolute Gasteiger partial charge is 0.320 e. The second kappa shape index (κ2) is 13.1. The number of piperidine rings is 1. The molecule has 262 valence electrons. The molecule has 4 bridgehead atoms. The van der Waals surface area contributed by atoms with Crippen molar-refractivity contribution in [3.05, 3.63) is 24.6 Å². The topological polar surface area (TPSA) is 107 Å². The Balaban J connectivity index is 1.29. The zero-order valence-electron chi connectivity index (χ0n) is 28.4. The number of halogens is 2. The predicted molar refractivity (Wildman–Crippen MR) is 175 cm³/mol. The molecule has 2 saturated carbocycles. The molecule has 11 unspecified atom stereocenters. The third-order valence-corrected chi connectivity index (χ3v) is 12.6. The first kappa shape index (κ1) is 33.0. The van der Waals surface area contributed by atoms with Crippen LogP contribution in [0.3, 0.4) is 0 Å². The van der Waals surface area contributed by atoms with Gasteiger partial charge in [-0.3, -0.25) is 20.0 Å². The Morgan fingerprint density at radius 1 is 1.04 bits per heavy atom. The van der Waals surface area contributed by atoms with Crippen LogP contribution in [0.2, 0.25) is 0 Å². The van der Waals surface area contributed by atoms with Crippen molar-refractivity contribution in [2.45, 2.75) is 134 Å². The van der Waals surface area contributed by atoms with E-state index in [1.807, 2.05) is 27.9 Å². The van der Waals surface area contributed by atoms with Crippen molar-refractivity contribution in [2.24, 2.45) is 23.7 Å². The van der Waals surface area contributed by atoms with Gasteiger partial charge >= 0.3 is 6.03 Å². The predicted octanol–water partition coefficient (Wildman–Crippen LogP) is 2.56. The van der Waals surface area contributed by atoms with Gasteiger partial charge in [0, 0.05) is 61.8 Å². The van der Waals surface area contributed by atoms with Crippen molar-refractivity contribution in [1.82, 2.24) is 46.6 Å². The average molecular weight is 660 g/mol. The molecule has 3 saturated heterocycles. The lowest BCUT2D eigenvalue weighted by molar-refractivity contribution is -0.137. The molecule has 7 aliphatic rings. The van der Waals surface area contributed by atoms with E-state index in [9.17, 15) is 9.59 Å². The zero-order chi connectivity index (χ0) is 33.1. The van der Waals surface area contributed by atoms with Crippen LogP contribution in [0.1, 0.15) is 72.6 Å². The van der Waals surface area contributed by atoms with E-state index < -0.39 is 36.6 Å². The summed E-state index contributed by atoms with van der Waals surface area (Å²) in [5, 5.41) is 12.9. The van der Waals surface area contributed by atoms with E-state index in [1.165, 1.54) is 6.08 Å². The number of carbonyl (C=O) groups is 2. The minimum Gasteiger partial charge on any atom is -0.334 e. The van der Waals surface area contributed by atoms with Gasteiger partial charge < -0.3 is 25.9 Å². The van der Waals surface area contributed by atoms with E-state index in [0.29, 0.717) is 32.0 Å². The van der Waals surface area contributed by atoms with Crippen molar-refractivity contribution in [2.75, 3.05) is 19.6 Å². The lowest BCUT2D eigenvalue weighted by Crippen LogP contribution is -2.80. The van der Waals surface area contributed by atoms with Gasteiger partial charge in [0.25, 0.3) is 0 Å². The van der Waals surface area contributed by atoms with E-state index in [4.69, 9.17) is 0 Å². The molecule has 13 heteroatoms. The van der Waals surface area contributed by atoms with Gasteiger partial charge in [0.15, 0.2) is 0 Å². The van der Waals surface area contributed by atoms with E-state index in [2.05, 4.69) is 59.2 Å². The quantitative estimate of drug-likeness (QED) is 0.295. The highest BCUT2D eigenvalue weighted by Crippen LogP contribution is 2.44. The maximum atomic E-state index is 16.9. The largest absolute Gasteiger partial charge is 0.334 e. The molecule has 2 aliphatic carbocycles. The number of hydrogen-bond donors (Lipinski definition) is 5. The van der Waals surface area contributed by atoms with Gasteiger partial charge in [0.1, 0.15) is 12.3 Å². The third-order valence-electron chi connectivity index (χ3n) is 12.6. The Hall–Kier alpha value is -2.48. The number of hydrazine groups is 2. The van der Waals surface area contributed by atoms with Crippen molar-refractivity contribution >= 4 is 11.9 Å². The summed E-state index contributed by atoms with van der Waals surface area (Å²) in [5.41, 5.74) is 7.50. The molecule has 5 heterocycles. The van der Waals surface area contributed by atoms with Crippen molar-refractivity contribution in [1.29, 1.82) is 0 Å². The summed E-state index contributed by atoms with van der Waals surface area (Å²) in [6.45, 7) is 13.9. The summed E-state index contributed by atoms with van der Waals surface area (Å²) in [4.78, 5) is 33.4. The van der Waals surface area contributed by atoms with Gasteiger partial charge in [0.2, 0.25) is 5.91 Å². The molecule has 0 radical (unpaired) electrons. The fourth-order valence-corrected chi connectivity index (χ4v) is 10.3. The standard InChI is InChI=1S/C34H55F2N9O2/c1-6-28(46)42-15-20(5)43(16-19(42)4)32-23-13-25(36)30-29-24(35)10-8-12-27(29)44-17-21(40-41-44)14-37-26-11-7-9-22(18(2)3)31(26)45(33(23)38-30)34(47)39-32/h6,17-20,22-27,29-33,37-38,40-41H,1,7-16H2,2-5H3,(H,39,47)/t19-,20+,22?,23?,24?,25?,26?,27?,29?,30?,31?,32?,33?/m1/s1. The van der Waals surface area contributed by atoms with Gasteiger partial charge in [-0.25, -0.2) is 13.6 Å². The van der Waals surface area contributed by atoms with Crippen LogP contribution in [0.5, 0.6) is 0 Å². The van der Waals surface area contributed by atoms with E-state index in [-0.39, 0.29) is 60.4 Å². The fourth-order valence-electron chi connectivity index (χ4n) is 10.3. The summed E-state index contributed by atoms with van der Waals surface area (Å²) < 4.78 is 33.0. The molecule has 7 rings (SSSR count). The summed E-state index contributed by atoms with van der Waals surface area (Å²) >= 11 is 0. The number of piperazine rings is 1. The Labute approximate surface area is 278 Å². The highest BCUT2D eigenvalue weighted by molar-refractivity contribution is 5.87. The van der Waals surface area contributed by atoms with Crippen LogP contribution in [-0.2, 0) is 4.79 Å². The summed E-state index contributed by atoms with van der Waals surface area (Å²) in [6.07, 6.45) is 5.19. The molecule has 11 nitrogen and oxygen atoms in total. The van der Waals surface area contributed by atoms with Crippen LogP contribution in [0, 0.1) is 23.7 Å². The Morgan fingerprint density at radius 3 is 2.60 bits per heavy atom. The first-order valence-corrected chi connectivity index (χ1v) is 18.1. The van der Waals surface area contributed by atoms with Crippen LogP contribution in [-0.4, -0.2) is 112 Å². The molecular formula is C34H55F2N9O2. The summed E-state index contributed by atoms with van der Waals surface area (Å²) in [6, 6.07) is -1.35. The Kier molecular flexibility index (Phi) is 9.20. The molecule has 3 amide bonds. The average Bonchev–Trinajstić information content (AvgIpc) is 3.53. The molecule has 5 N–H and O–H groups in total. The number of hydrogen-bond acceptors (Lipinski definition) is 8. The Bertz CT molecular complexity index is 1240. The molecule has 47 heavy (non-hydrogen) atoms. The molecule has 0 aromatic carbocycles. The van der Waals surface area contributed by atoms with Crippen LogP contribution in [0.4, 0.5) is 13.6 Å². The lowest BCUT2D eigenvalue weighted by Gasteiger charge is -2.60. The number of rotatable bonds is 3. The second-order valence-corrected chi connectivity index (χ2v) is 15.7. The monoisotopic (exact) mass is 659 g/mol. The van der Waals surface area contributed by atoms with Gasteiger partial charge in [-0.2, -0.15) is 0 Å². The first-order chi connectivity index (χ1) is 22.6. The van der Waals surface area contributed by atoms with Crippen molar-refractivity contribution < 1.29 is 18.4 Å². The summed E-state index contributed by atoms with van der Waals surface area (Å²) in [7, 11) is 0. The molecule has 0 aromatic heterocycles. The number of nitrogens with one attached hydrogen (secondary N) is 5. The van der Waals surface area contributed by atoms with Crippen LogP contribution in [0.25, 0.3) is 0 Å². The van der Waals surface area contributed by atoms with Crippen molar-refractivity contribution in [3.63, 3.8) is 0 Å². The molecular weight excluding hydrogens is 604 g/mol. The first-order valence-electron chi connectivity index (χ1n) is 18.1. The van der Waals surface area contributed by atoms with Crippen LogP contribution in [0.15, 0.2) is 24.6 Å². The number of carbonyl (C=O) groups excluding carboxylic acids is 2. The number of amides is 3. The lowest BCUT2D eigenvalue weighted by atomic mass is 9.71. The second-order valence-electron chi connectivity index (χ2n) is 15.7. The third kappa shape index (κ3) is 5.82. The van der Waals surface area contributed by atoms with E-state index >= 15 is 8.78 Å². The highest BCUT2D eigenvalue weighted by atomic mass is 19.1. The van der Waals surface area contributed by atoms with Gasteiger partial charge in [-0.15, -0.1) is 5.53 Å². The van der Waals surface area contributed by atoms with Crippen molar-refractivity contribution in [3.8, 4) is 0 Å².